The Balaban J connectivity index is 0.000000200. The minimum atomic E-state index is -0.136. The van der Waals surface area contributed by atoms with E-state index in [-0.39, 0.29) is 28.9 Å². The Kier molecular flexibility index (Phi) is 6.76. The molecule has 0 saturated heterocycles. The summed E-state index contributed by atoms with van der Waals surface area (Å²) < 4.78 is 0. The van der Waals surface area contributed by atoms with Crippen molar-refractivity contribution in [1.82, 2.24) is 9.97 Å². The van der Waals surface area contributed by atoms with Gasteiger partial charge in [-0.25, -0.2) is 0 Å². The molecule has 0 amide bonds. The molecular formula is C22H14AlN4O2. The fraction of sp³-hybridized carbons (Fsp3) is 0.0909. The van der Waals surface area contributed by atoms with E-state index in [9.17, 15) is 10.2 Å². The van der Waals surface area contributed by atoms with Crippen molar-refractivity contribution in [3.8, 4) is 23.6 Å². The van der Waals surface area contributed by atoms with E-state index in [0.717, 1.165) is 11.4 Å². The van der Waals surface area contributed by atoms with Gasteiger partial charge in [0.2, 0.25) is 0 Å². The molecule has 0 aliphatic heterocycles. The second-order valence-electron chi connectivity index (χ2n) is 6.14. The van der Waals surface area contributed by atoms with Gasteiger partial charge in [0.25, 0.3) is 0 Å². The number of fused-ring (bicyclic) bond motifs is 2. The normalized spacial score (nSPS) is 9.66. The number of aryl methyl sites for hydroxylation is 2. The molecule has 1 radical (unpaired) electrons. The first-order valence-electron chi connectivity index (χ1n) is 8.39. The van der Waals surface area contributed by atoms with Crippen LogP contribution < -0.4 is 10.2 Å². The van der Waals surface area contributed by atoms with Crippen molar-refractivity contribution >= 4 is 39.2 Å². The first-order valence-corrected chi connectivity index (χ1v) is 8.39. The molecule has 29 heavy (non-hydrogen) atoms. The van der Waals surface area contributed by atoms with Crippen LogP contribution in [0.15, 0.2) is 48.5 Å². The second kappa shape index (κ2) is 9.04. The molecule has 0 saturated carbocycles. The number of hydrogen-bond acceptors (Lipinski definition) is 6. The maximum Gasteiger partial charge on any atom is 2.00 e. The fourth-order valence-electron chi connectivity index (χ4n) is 2.77. The van der Waals surface area contributed by atoms with Crippen LogP contribution in [0.25, 0.3) is 21.8 Å². The van der Waals surface area contributed by atoms with Crippen molar-refractivity contribution in [3.05, 3.63) is 71.0 Å². The number of pyridine rings is 2. The molecule has 2 aromatic carbocycles. The molecule has 0 aliphatic rings. The Bertz CT molecular complexity index is 1190. The molecular weight excluding hydrogens is 379 g/mol. The molecule has 0 unspecified atom stereocenters. The number of benzene rings is 2. The smallest absolute Gasteiger partial charge is 0.871 e. The molecule has 137 valence electrons. The van der Waals surface area contributed by atoms with Gasteiger partial charge in [-0.2, -0.15) is 10.5 Å². The monoisotopic (exact) mass is 393 g/mol. The van der Waals surface area contributed by atoms with Crippen LogP contribution in [0.2, 0.25) is 0 Å². The van der Waals surface area contributed by atoms with Crippen LogP contribution in [0, 0.1) is 36.5 Å². The summed E-state index contributed by atoms with van der Waals surface area (Å²) in [5.74, 6) is -0.273. The third-order valence-electron chi connectivity index (χ3n) is 4.16. The van der Waals surface area contributed by atoms with Gasteiger partial charge in [0.1, 0.15) is 0 Å². The van der Waals surface area contributed by atoms with E-state index in [1.165, 1.54) is 24.3 Å². The van der Waals surface area contributed by atoms with Gasteiger partial charge < -0.3 is 10.2 Å². The Morgan fingerprint density at radius 3 is 1.38 bits per heavy atom. The molecule has 7 heteroatoms. The average molecular weight is 393 g/mol. The van der Waals surface area contributed by atoms with Gasteiger partial charge in [-0.05, 0) is 50.2 Å². The number of aromatic nitrogens is 2. The molecule has 4 rings (SSSR count). The van der Waals surface area contributed by atoms with E-state index < -0.39 is 0 Å². The number of hydrogen-bond donors (Lipinski definition) is 0. The predicted molar refractivity (Wildman–Crippen MR) is 107 cm³/mol. The quantitative estimate of drug-likeness (QED) is 0.424. The average Bonchev–Trinajstić information content (AvgIpc) is 2.70. The molecule has 2 heterocycles. The summed E-state index contributed by atoms with van der Waals surface area (Å²) >= 11 is 0. The number of rotatable bonds is 0. The van der Waals surface area contributed by atoms with E-state index in [4.69, 9.17) is 10.5 Å². The standard InChI is InChI=1S/2C11H8N2O.Al/c2*1-7-2-4-9-8(6-12)3-5-10(14)11(9)13-7;/h2*2-5,14H,1H3;/q;;+2/p-2. The molecule has 2 aromatic heterocycles. The van der Waals surface area contributed by atoms with Gasteiger partial charge >= 0.3 is 17.4 Å². The minimum Gasteiger partial charge on any atom is -0.871 e. The molecule has 0 fully saturated rings. The van der Waals surface area contributed by atoms with E-state index in [2.05, 4.69) is 9.97 Å². The predicted octanol–water partition coefficient (Wildman–Crippen LogP) is 2.60. The zero-order valence-electron chi connectivity index (χ0n) is 15.8. The van der Waals surface area contributed by atoms with Crippen LogP contribution in [0.1, 0.15) is 22.5 Å². The summed E-state index contributed by atoms with van der Waals surface area (Å²) in [4.78, 5) is 8.24. The van der Waals surface area contributed by atoms with E-state index in [1.807, 2.05) is 26.0 Å². The topological polar surface area (TPSA) is 119 Å². The van der Waals surface area contributed by atoms with Crippen molar-refractivity contribution in [2.24, 2.45) is 0 Å². The van der Waals surface area contributed by atoms with E-state index in [1.54, 1.807) is 24.3 Å². The van der Waals surface area contributed by atoms with Crippen molar-refractivity contribution in [2.45, 2.75) is 13.8 Å². The number of nitrogens with zero attached hydrogens (tertiary/aromatic N) is 4. The van der Waals surface area contributed by atoms with Crippen LogP contribution in [-0.4, -0.2) is 27.3 Å². The number of nitriles is 2. The van der Waals surface area contributed by atoms with Crippen LogP contribution in [0.5, 0.6) is 11.5 Å². The maximum absolute atomic E-state index is 11.4. The van der Waals surface area contributed by atoms with E-state index in [0.29, 0.717) is 32.9 Å². The summed E-state index contributed by atoms with van der Waals surface area (Å²) in [6.45, 7) is 3.63. The SMILES string of the molecule is Cc1ccc2c(C#N)ccc([O-])c2n1.Cc1ccc2c(C#N)ccc([O-])c2n1.[Al+2]. The van der Waals surface area contributed by atoms with Gasteiger partial charge in [0.05, 0.1) is 34.3 Å². The zero-order chi connectivity index (χ0) is 20.3. The second-order valence-corrected chi connectivity index (χ2v) is 6.14. The largest absolute Gasteiger partial charge is 2.00 e. The van der Waals surface area contributed by atoms with Gasteiger partial charge in [-0.1, -0.05) is 23.6 Å². The van der Waals surface area contributed by atoms with Crippen molar-refractivity contribution in [1.29, 1.82) is 10.5 Å². The van der Waals surface area contributed by atoms with Crippen molar-refractivity contribution in [3.63, 3.8) is 0 Å². The molecule has 0 aliphatic carbocycles. The van der Waals surface area contributed by atoms with Gasteiger partial charge in [-0.3, -0.25) is 9.97 Å². The summed E-state index contributed by atoms with van der Waals surface area (Å²) in [5.41, 5.74) is 3.31. The van der Waals surface area contributed by atoms with Crippen LogP contribution in [0.4, 0.5) is 0 Å². The Hall–Kier alpha value is -3.63. The molecule has 6 nitrogen and oxygen atoms in total. The molecule has 0 N–H and O–H groups in total. The summed E-state index contributed by atoms with van der Waals surface area (Å²) in [6.07, 6.45) is 0. The van der Waals surface area contributed by atoms with Crippen LogP contribution >= 0.6 is 0 Å². The Morgan fingerprint density at radius 1 is 0.655 bits per heavy atom. The van der Waals surface area contributed by atoms with Gasteiger partial charge in [-0.15, -0.1) is 0 Å². The van der Waals surface area contributed by atoms with Crippen LogP contribution in [0.3, 0.4) is 0 Å². The summed E-state index contributed by atoms with van der Waals surface area (Å²) in [6, 6.07) is 17.0. The first-order chi connectivity index (χ1) is 13.4. The third-order valence-corrected chi connectivity index (χ3v) is 4.16. The molecule has 0 atom stereocenters. The fourth-order valence-corrected chi connectivity index (χ4v) is 2.77. The van der Waals surface area contributed by atoms with Crippen molar-refractivity contribution < 1.29 is 10.2 Å². The zero-order valence-corrected chi connectivity index (χ0v) is 17.0. The third kappa shape index (κ3) is 4.45. The Labute approximate surface area is 178 Å². The Morgan fingerprint density at radius 2 is 1.03 bits per heavy atom. The molecule has 0 spiro atoms. The van der Waals surface area contributed by atoms with Gasteiger partial charge in [0.15, 0.2) is 0 Å². The van der Waals surface area contributed by atoms with E-state index >= 15 is 0 Å². The maximum atomic E-state index is 11.4. The van der Waals surface area contributed by atoms with Gasteiger partial charge in [0, 0.05) is 22.2 Å². The van der Waals surface area contributed by atoms with Crippen LogP contribution in [-0.2, 0) is 0 Å². The molecule has 0 bridgehead atoms. The summed E-state index contributed by atoms with van der Waals surface area (Å²) in [5, 5.41) is 41.7. The molecule has 4 aromatic rings. The van der Waals surface area contributed by atoms with Crippen molar-refractivity contribution in [2.75, 3.05) is 0 Å². The minimum absolute atomic E-state index is 0. The summed E-state index contributed by atoms with van der Waals surface area (Å²) in [7, 11) is 0. The first kappa shape index (κ1) is 21.7.